The summed E-state index contributed by atoms with van der Waals surface area (Å²) in [5.74, 6) is 0.948. The van der Waals surface area contributed by atoms with Crippen molar-refractivity contribution in [2.75, 3.05) is 0 Å². The van der Waals surface area contributed by atoms with Crippen LogP contribution in [0.25, 0.3) is 11.3 Å². The highest BCUT2D eigenvalue weighted by Crippen LogP contribution is 2.36. The lowest BCUT2D eigenvalue weighted by Gasteiger charge is -2.24. The lowest BCUT2D eigenvalue weighted by Crippen LogP contribution is -2.41. The number of imidazole rings is 1. The molecule has 4 rings (SSSR count). The molecule has 1 amide bonds. The molecule has 8 heteroatoms. The van der Waals surface area contributed by atoms with Crippen LogP contribution in [0.5, 0.6) is 0 Å². The Balaban J connectivity index is 1.48. The van der Waals surface area contributed by atoms with Gasteiger partial charge in [0.15, 0.2) is 0 Å². The van der Waals surface area contributed by atoms with Gasteiger partial charge in [0, 0.05) is 24.0 Å². The number of allylic oxidation sites excluding steroid dienone is 2. The number of carbonyl (C=O) groups is 1. The van der Waals surface area contributed by atoms with Crippen molar-refractivity contribution in [1.29, 1.82) is 0 Å². The number of aryl methyl sites for hydroxylation is 1. The largest absolute Gasteiger partial charge is 0.417 e. The van der Waals surface area contributed by atoms with Crippen LogP contribution in [0, 0.1) is 0 Å². The summed E-state index contributed by atoms with van der Waals surface area (Å²) in [6.07, 6.45) is 4.07. The van der Waals surface area contributed by atoms with Gasteiger partial charge in [0.2, 0.25) is 0 Å². The van der Waals surface area contributed by atoms with Crippen molar-refractivity contribution in [3.8, 4) is 11.3 Å². The summed E-state index contributed by atoms with van der Waals surface area (Å²) in [5.41, 5.74) is 0.301. The summed E-state index contributed by atoms with van der Waals surface area (Å²) in [4.78, 5) is 23.8. The van der Waals surface area contributed by atoms with E-state index in [1.807, 2.05) is 12.2 Å². The van der Waals surface area contributed by atoms with Gasteiger partial charge >= 0.3 is 6.18 Å². The maximum Gasteiger partial charge on any atom is 0.417 e. The number of amides is 1. The smallest absolute Gasteiger partial charge is 0.342 e. The van der Waals surface area contributed by atoms with Gasteiger partial charge in [0.05, 0.1) is 23.5 Å². The maximum absolute atomic E-state index is 13.2. The van der Waals surface area contributed by atoms with Crippen molar-refractivity contribution in [2.45, 2.75) is 31.5 Å². The molecule has 0 fully saturated rings. The van der Waals surface area contributed by atoms with Crippen LogP contribution in [0.4, 0.5) is 13.2 Å². The zero-order chi connectivity index (χ0) is 19.7. The van der Waals surface area contributed by atoms with E-state index in [0.29, 0.717) is 42.2 Å². The summed E-state index contributed by atoms with van der Waals surface area (Å²) < 4.78 is 39.6. The molecule has 0 spiro atoms. The minimum Gasteiger partial charge on any atom is -0.342 e. The summed E-state index contributed by atoms with van der Waals surface area (Å²) in [5, 5.41) is 2.77. The van der Waals surface area contributed by atoms with E-state index < -0.39 is 11.7 Å². The third-order valence-electron chi connectivity index (χ3n) is 4.71. The molecule has 1 aromatic carbocycles. The molecule has 2 heterocycles. The molecule has 0 radical (unpaired) electrons. The van der Waals surface area contributed by atoms with Gasteiger partial charge in [-0.05, 0) is 12.5 Å². The van der Waals surface area contributed by atoms with E-state index in [-0.39, 0.29) is 17.5 Å². The van der Waals surface area contributed by atoms with Crippen LogP contribution >= 0.6 is 0 Å². The van der Waals surface area contributed by atoms with E-state index in [1.165, 1.54) is 18.3 Å². The lowest BCUT2D eigenvalue weighted by molar-refractivity contribution is -0.137. The molecule has 1 atom stereocenters. The van der Waals surface area contributed by atoms with E-state index in [1.54, 1.807) is 12.1 Å². The number of hydrogen-bond donors (Lipinski definition) is 2. The number of nitrogens with one attached hydrogen (secondary N) is 2. The van der Waals surface area contributed by atoms with Crippen molar-refractivity contribution in [3.63, 3.8) is 0 Å². The Morgan fingerprint density at radius 2 is 2.00 bits per heavy atom. The van der Waals surface area contributed by atoms with Gasteiger partial charge in [-0.2, -0.15) is 13.2 Å². The first-order valence-corrected chi connectivity index (χ1v) is 8.87. The quantitative estimate of drug-likeness (QED) is 0.839. The highest BCUT2D eigenvalue weighted by atomic mass is 19.4. The molecule has 28 heavy (non-hydrogen) atoms. The molecule has 1 unspecified atom stereocenters. The number of fused-ring (bicyclic) bond motifs is 1. The molecule has 5 nitrogen and oxygen atoms in total. The fourth-order valence-electron chi connectivity index (χ4n) is 3.35. The summed E-state index contributed by atoms with van der Waals surface area (Å²) in [6, 6.07) is 5.21. The number of nitrogens with zero attached hydrogens (tertiary/aromatic N) is 2. The standard InChI is InChI=1S/C20H17F3N4O/c21-20(22,23)14-7-3-1-5-12(14)16-11-24-17(26-16)9-10-18-25-15-8-4-2-6-13(15)19(28)27-18/h1-7,11,15H,8-10H2,(H,24,26)(H,25,27,28). The first-order valence-electron chi connectivity index (χ1n) is 8.87. The normalized spacial score (nSPS) is 19.0. The van der Waals surface area contributed by atoms with E-state index in [9.17, 15) is 18.0 Å². The second kappa shape index (κ2) is 7.10. The maximum atomic E-state index is 13.2. The molecule has 1 aromatic heterocycles. The van der Waals surface area contributed by atoms with Crippen LogP contribution in [0.1, 0.15) is 24.2 Å². The number of carbonyl (C=O) groups excluding carboxylic acids is 1. The van der Waals surface area contributed by atoms with Crippen molar-refractivity contribution < 1.29 is 18.0 Å². The molecule has 1 aliphatic carbocycles. The van der Waals surface area contributed by atoms with Crippen LogP contribution in [0.15, 0.2) is 59.3 Å². The average Bonchev–Trinajstić information content (AvgIpc) is 3.15. The van der Waals surface area contributed by atoms with Crippen molar-refractivity contribution in [1.82, 2.24) is 15.3 Å². The molecule has 0 saturated carbocycles. The molecule has 0 bridgehead atoms. The predicted octanol–water partition coefficient (Wildman–Crippen LogP) is 3.81. The number of aromatic nitrogens is 2. The minimum atomic E-state index is -4.44. The van der Waals surface area contributed by atoms with E-state index in [2.05, 4.69) is 20.3 Å². The third kappa shape index (κ3) is 3.62. The zero-order valence-electron chi connectivity index (χ0n) is 14.8. The minimum absolute atomic E-state index is 0.0563. The Morgan fingerprint density at radius 3 is 2.82 bits per heavy atom. The number of halogens is 3. The SMILES string of the molecule is O=C1NC(CCc2ncc(-c3ccccc3C(F)(F)F)[nH]2)=NC2CC=CC=C12. The predicted molar refractivity (Wildman–Crippen MR) is 98.6 cm³/mol. The molecule has 2 aromatic rings. The first-order chi connectivity index (χ1) is 13.4. The molecule has 2 aliphatic rings. The van der Waals surface area contributed by atoms with Crippen LogP contribution in [-0.4, -0.2) is 27.8 Å². The van der Waals surface area contributed by atoms with Crippen LogP contribution < -0.4 is 5.32 Å². The van der Waals surface area contributed by atoms with Gasteiger partial charge in [0.1, 0.15) is 11.7 Å². The lowest BCUT2D eigenvalue weighted by atomic mass is 9.97. The Labute approximate surface area is 159 Å². The number of rotatable bonds is 4. The topological polar surface area (TPSA) is 70.1 Å². The first kappa shape index (κ1) is 18.2. The number of hydrogen-bond acceptors (Lipinski definition) is 3. The highest BCUT2D eigenvalue weighted by molar-refractivity contribution is 6.09. The third-order valence-corrected chi connectivity index (χ3v) is 4.71. The molecular weight excluding hydrogens is 369 g/mol. The fourth-order valence-corrected chi connectivity index (χ4v) is 3.35. The second-order valence-electron chi connectivity index (χ2n) is 6.62. The van der Waals surface area contributed by atoms with Gasteiger partial charge in [-0.1, -0.05) is 36.4 Å². The number of amidine groups is 1. The molecule has 144 valence electrons. The highest BCUT2D eigenvalue weighted by Gasteiger charge is 2.33. The van der Waals surface area contributed by atoms with Gasteiger partial charge in [0.25, 0.3) is 5.91 Å². The number of benzene rings is 1. The van der Waals surface area contributed by atoms with Crippen LogP contribution in [0.3, 0.4) is 0 Å². The Bertz CT molecular complexity index is 1000. The number of aromatic amines is 1. The fraction of sp³-hybridized carbons (Fsp3) is 0.250. The molecule has 0 saturated heterocycles. The van der Waals surface area contributed by atoms with E-state index >= 15 is 0 Å². The summed E-state index contributed by atoms with van der Waals surface area (Å²) >= 11 is 0. The van der Waals surface area contributed by atoms with Crippen molar-refractivity contribution in [2.24, 2.45) is 4.99 Å². The number of alkyl halides is 3. The van der Waals surface area contributed by atoms with Crippen molar-refractivity contribution in [3.05, 3.63) is 65.7 Å². The van der Waals surface area contributed by atoms with Gasteiger partial charge in [-0.3, -0.25) is 9.79 Å². The Hall–Kier alpha value is -3.16. The van der Waals surface area contributed by atoms with Gasteiger partial charge < -0.3 is 10.3 Å². The van der Waals surface area contributed by atoms with E-state index in [4.69, 9.17) is 0 Å². The van der Waals surface area contributed by atoms with Gasteiger partial charge in [-0.25, -0.2) is 4.98 Å². The average molecular weight is 386 g/mol. The van der Waals surface area contributed by atoms with Gasteiger partial charge in [-0.15, -0.1) is 0 Å². The summed E-state index contributed by atoms with van der Waals surface area (Å²) in [7, 11) is 0. The Kier molecular flexibility index (Phi) is 4.62. The molecule has 1 aliphatic heterocycles. The zero-order valence-corrected chi connectivity index (χ0v) is 14.8. The number of H-pyrrole nitrogens is 1. The van der Waals surface area contributed by atoms with Crippen molar-refractivity contribution >= 4 is 11.7 Å². The van der Waals surface area contributed by atoms with E-state index in [0.717, 1.165) is 6.07 Å². The molecule has 2 N–H and O–H groups in total. The van der Waals surface area contributed by atoms with Crippen LogP contribution in [-0.2, 0) is 17.4 Å². The second-order valence-corrected chi connectivity index (χ2v) is 6.62. The summed E-state index contributed by atoms with van der Waals surface area (Å²) in [6.45, 7) is 0. The Morgan fingerprint density at radius 1 is 1.18 bits per heavy atom. The number of aliphatic imine (C=N–C) groups is 1. The molecular formula is C20H17F3N4O. The van der Waals surface area contributed by atoms with Crippen LogP contribution in [0.2, 0.25) is 0 Å². The monoisotopic (exact) mass is 386 g/mol.